The molecule has 0 aliphatic rings. The summed E-state index contributed by atoms with van der Waals surface area (Å²) in [6, 6.07) is 10.3. The largest absolute Gasteiger partial charge is 0.487 e. The van der Waals surface area contributed by atoms with Crippen molar-refractivity contribution in [3.63, 3.8) is 0 Å². The van der Waals surface area contributed by atoms with Crippen molar-refractivity contribution in [2.24, 2.45) is 0 Å². The molecular weight excluding hydrogens is 328 g/mol. The second-order valence-corrected chi connectivity index (χ2v) is 5.10. The number of carboxylic acid groups (broad SMARTS) is 1. The van der Waals surface area contributed by atoms with Gasteiger partial charge in [0.1, 0.15) is 0 Å². The second-order valence-electron chi connectivity index (χ2n) is 5.10. The Morgan fingerprint density at radius 2 is 2.00 bits per heavy atom. The van der Waals surface area contributed by atoms with Crippen molar-refractivity contribution in [3.05, 3.63) is 63.7 Å². The van der Waals surface area contributed by atoms with Crippen molar-refractivity contribution in [2.45, 2.75) is 13.3 Å². The van der Waals surface area contributed by atoms with Gasteiger partial charge in [0, 0.05) is 17.3 Å². The minimum atomic E-state index is -0.981. The van der Waals surface area contributed by atoms with E-state index in [0.29, 0.717) is 11.3 Å². The summed E-state index contributed by atoms with van der Waals surface area (Å²) in [7, 11) is 0. The molecule has 0 aliphatic carbocycles. The van der Waals surface area contributed by atoms with Gasteiger partial charge in [0.15, 0.2) is 5.75 Å². The number of rotatable bonds is 7. The van der Waals surface area contributed by atoms with E-state index in [2.05, 4.69) is 5.32 Å². The first-order valence-electron chi connectivity index (χ1n) is 7.44. The number of hydrogen-bond acceptors (Lipinski definition) is 5. The van der Waals surface area contributed by atoms with Crippen LogP contribution in [0.2, 0.25) is 0 Å². The number of carbonyl (C=O) groups is 2. The van der Waals surface area contributed by atoms with Crippen LogP contribution >= 0.6 is 0 Å². The van der Waals surface area contributed by atoms with Crippen LogP contribution in [-0.4, -0.2) is 28.5 Å². The Kier molecular flexibility index (Phi) is 5.67. The molecule has 8 nitrogen and oxygen atoms in total. The maximum atomic E-state index is 12.3. The van der Waals surface area contributed by atoms with E-state index in [1.54, 1.807) is 25.1 Å². The Morgan fingerprint density at radius 1 is 1.24 bits per heavy atom. The molecular formula is C17H16N2O6. The highest BCUT2D eigenvalue weighted by Crippen LogP contribution is 2.28. The number of ether oxygens (including phenoxy) is 1. The molecule has 0 unspecified atom stereocenters. The van der Waals surface area contributed by atoms with Crippen molar-refractivity contribution < 1.29 is 24.4 Å². The average molecular weight is 344 g/mol. The molecule has 0 saturated heterocycles. The van der Waals surface area contributed by atoms with Crippen LogP contribution in [0.4, 0.5) is 11.4 Å². The van der Waals surface area contributed by atoms with Crippen molar-refractivity contribution in [1.29, 1.82) is 0 Å². The van der Waals surface area contributed by atoms with E-state index in [1.165, 1.54) is 18.2 Å². The summed E-state index contributed by atoms with van der Waals surface area (Å²) >= 11 is 0. The van der Waals surface area contributed by atoms with Crippen molar-refractivity contribution in [3.8, 4) is 5.75 Å². The Labute approximate surface area is 143 Å². The van der Waals surface area contributed by atoms with Crippen LogP contribution in [-0.2, 0) is 11.2 Å². The van der Waals surface area contributed by atoms with E-state index >= 15 is 0 Å². The number of nitro benzene ring substituents is 1. The summed E-state index contributed by atoms with van der Waals surface area (Å²) in [5.41, 5.74) is 0.733. The highest BCUT2D eigenvalue weighted by molar-refractivity contribution is 6.04. The van der Waals surface area contributed by atoms with Gasteiger partial charge in [-0.3, -0.25) is 19.7 Å². The highest BCUT2D eigenvalue weighted by Gasteiger charge is 2.18. The average Bonchev–Trinajstić information content (AvgIpc) is 2.55. The molecule has 0 heterocycles. The molecule has 0 bridgehead atoms. The number of carbonyl (C=O) groups excluding carboxylic acids is 1. The molecule has 25 heavy (non-hydrogen) atoms. The van der Waals surface area contributed by atoms with Gasteiger partial charge in [-0.2, -0.15) is 0 Å². The first-order chi connectivity index (χ1) is 11.9. The lowest BCUT2D eigenvalue weighted by molar-refractivity contribution is -0.385. The predicted molar refractivity (Wildman–Crippen MR) is 90.0 cm³/mol. The topological polar surface area (TPSA) is 119 Å². The summed E-state index contributed by atoms with van der Waals surface area (Å²) < 4.78 is 5.18. The minimum Gasteiger partial charge on any atom is -0.487 e. The maximum absolute atomic E-state index is 12.3. The number of nitrogens with one attached hydrogen (secondary N) is 1. The summed E-state index contributed by atoms with van der Waals surface area (Å²) in [6.07, 6.45) is -0.168. The normalized spacial score (nSPS) is 10.1. The van der Waals surface area contributed by atoms with Gasteiger partial charge in [-0.1, -0.05) is 12.1 Å². The third kappa shape index (κ3) is 4.77. The molecule has 1 amide bonds. The Hall–Kier alpha value is -3.42. The van der Waals surface area contributed by atoms with Gasteiger partial charge in [0.25, 0.3) is 5.91 Å². The molecule has 0 aliphatic heterocycles. The van der Waals surface area contributed by atoms with Crippen molar-refractivity contribution >= 4 is 23.3 Å². The van der Waals surface area contributed by atoms with E-state index in [1.807, 2.05) is 0 Å². The molecule has 0 radical (unpaired) electrons. The van der Waals surface area contributed by atoms with Crippen LogP contribution in [0.1, 0.15) is 22.8 Å². The molecule has 0 fully saturated rings. The van der Waals surface area contributed by atoms with Crippen LogP contribution in [0.5, 0.6) is 5.75 Å². The van der Waals surface area contributed by atoms with E-state index < -0.39 is 16.8 Å². The molecule has 0 aromatic heterocycles. The van der Waals surface area contributed by atoms with E-state index in [9.17, 15) is 19.7 Å². The predicted octanol–water partition coefficient (Wildman–Crippen LogP) is 2.87. The maximum Gasteiger partial charge on any atom is 0.311 e. The van der Waals surface area contributed by atoms with Gasteiger partial charge < -0.3 is 15.2 Å². The molecule has 2 aromatic carbocycles. The number of nitro groups is 1. The third-order valence-electron chi connectivity index (χ3n) is 3.26. The summed E-state index contributed by atoms with van der Waals surface area (Å²) in [5, 5.41) is 22.5. The van der Waals surface area contributed by atoms with Gasteiger partial charge in [-0.25, -0.2) is 0 Å². The fraction of sp³-hybridized carbons (Fsp3) is 0.176. The van der Waals surface area contributed by atoms with Crippen LogP contribution in [0.3, 0.4) is 0 Å². The SMILES string of the molecule is CCOc1ccc(C(=O)Nc2cccc(CC(=O)O)c2)cc1[N+](=O)[O-]. The monoisotopic (exact) mass is 344 g/mol. The Balaban J connectivity index is 2.22. The Morgan fingerprint density at radius 3 is 2.64 bits per heavy atom. The fourth-order valence-corrected chi connectivity index (χ4v) is 2.22. The van der Waals surface area contributed by atoms with Gasteiger partial charge in [-0.05, 0) is 36.8 Å². The first kappa shape index (κ1) is 17.9. The summed E-state index contributed by atoms with van der Waals surface area (Å²) in [5.74, 6) is -1.43. The fourth-order valence-electron chi connectivity index (χ4n) is 2.22. The summed E-state index contributed by atoms with van der Waals surface area (Å²) in [6.45, 7) is 1.97. The highest BCUT2D eigenvalue weighted by atomic mass is 16.6. The lowest BCUT2D eigenvalue weighted by Crippen LogP contribution is -2.13. The van der Waals surface area contributed by atoms with Crippen LogP contribution in [0, 0.1) is 10.1 Å². The molecule has 0 atom stereocenters. The van der Waals surface area contributed by atoms with Gasteiger partial charge in [0.2, 0.25) is 0 Å². The number of nitrogens with zero attached hydrogens (tertiary/aromatic N) is 1. The smallest absolute Gasteiger partial charge is 0.311 e. The molecule has 2 aromatic rings. The quantitative estimate of drug-likeness (QED) is 0.589. The van der Waals surface area contributed by atoms with Gasteiger partial charge in [-0.15, -0.1) is 0 Å². The molecule has 130 valence electrons. The summed E-state index contributed by atoms with van der Waals surface area (Å²) in [4.78, 5) is 33.5. The molecule has 2 rings (SSSR count). The van der Waals surface area contributed by atoms with Crippen LogP contribution in [0.15, 0.2) is 42.5 Å². The van der Waals surface area contributed by atoms with Crippen LogP contribution in [0.25, 0.3) is 0 Å². The van der Waals surface area contributed by atoms with Gasteiger partial charge >= 0.3 is 11.7 Å². The Bertz CT molecular complexity index is 819. The van der Waals surface area contributed by atoms with E-state index in [4.69, 9.17) is 9.84 Å². The lowest BCUT2D eigenvalue weighted by atomic mass is 10.1. The minimum absolute atomic E-state index is 0.0903. The number of carboxylic acids is 1. The number of amides is 1. The number of benzene rings is 2. The molecule has 8 heteroatoms. The number of aliphatic carboxylic acids is 1. The number of hydrogen-bond donors (Lipinski definition) is 2. The van der Waals surface area contributed by atoms with Crippen LogP contribution < -0.4 is 10.1 Å². The second kappa shape index (κ2) is 7.91. The zero-order chi connectivity index (χ0) is 18.4. The molecule has 0 saturated carbocycles. The third-order valence-corrected chi connectivity index (χ3v) is 3.26. The standard InChI is InChI=1S/C17H16N2O6/c1-2-25-15-7-6-12(10-14(15)19(23)24)17(22)18-13-5-3-4-11(8-13)9-16(20)21/h3-8,10H,2,9H2,1H3,(H,18,22)(H,20,21). The zero-order valence-electron chi connectivity index (χ0n) is 13.4. The van der Waals surface area contributed by atoms with E-state index in [0.717, 1.165) is 6.07 Å². The van der Waals surface area contributed by atoms with Gasteiger partial charge in [0.05, 0.1) is 18.0 Å². The molecule has 2 N–H and O–H groups in total. The van der Waals surface area contributed by atoms with Crippen molar-refractivity contribution in [1.82, 2.24) is 0 Å². The zero-order valence-corrected chi connectivity index (χ0v) is 13.4. The first-order valence-corrected chi connectivity index (χ1v) is 7.44. The lowest BCUT2D eigenvalue weighted by Gasteiger charge is -2.08. The number of anilines is 1. The molecule has 0 spiro atoms. The van der Waals surface area contributed by atoms with Crippen molar-refractivity contribution in [2.75, 3.05) is 11.9 Å². The van der Waals surface area contributed by atoms with E-state index in [-0.39, 0.29) is 30.0 Å².